The Morgan fingerprint density at radius 1 is 1.15 bits per heavy atom. The third-order valence-corrected chi connectivity index (χ3v) is 4.68. The first-order valence-electron chi connectivity index (χ1n) is 8.39. The molecule has 132 valence electrons. The van der Waals surface area contributed by atoms with E-state index in [2.05, 4.69) is 25.6 Å². The molecule has 0 spiro atoms. The molecular weight excluding hydrogens is 350 g/mol. The minimum absolute atomic E-state index is 0.305. The fourth-order valence-corrected chi connectivity index (χ4v) is 3.25. The van der Waals surface area contributed by atoms with Crippen LogP contribution in [0.2, 0.25) is 5.02 Å². The minimum atomic E-state index is -0.731. The molecule has 0 fully saturated rings. The van der Waals surface area contributed by atoms with Crippen molar-refractivity contribution in [3.63, 3.8) is 0 Å². The zero-order valence-electron chi connectivity index (χ0n) is 14.0. The third-order valence-electron chi connectivity index (χ3n) is 4.33. The average molecular weight is 368 g/mol. The van der Waals surface area contributed by atoms with Gasteiger partial charge in [-0.1, -0.05) is 29.8 Å². The molecule has 2 aromatic heterocycles. The molecule has 1 aliphatic rings. The zero-order valence-corrected chi connectivity index (χ0v) is 14.7. The monoisotopic (exact) mass is 367 g/mol. The maximum absolute atomic E-state index is 10.5. The van der Waals surface area contributed by atoms with E-state index in [1.165, 1.54) is 0 Å². The van der Waals surface area contributed by atoms with Crippen LogP contribution in [0.5, 0.6) is 0 Å². The summed E-state index contributed by atoms with van der Waals surface area (Å²) in [7, 11) is 0. The summed E-state index contributed by atoms with van der Waals surface area (Å²) in [5.41, 5.74) is 3.55. The number of halogens is 1. The lowest BCUT2D eigenvalue weighted by molar-refractivity contribution is 0.191. The number of hydrogen-bond acceptors (Lipinski definition) is 6. The largest absolute Gasteiger partial charge is 0.387 e. The molecule has 26 heavy (non-hydrogen) atoms. The Bertz CT molecular complexity index is 919. The normalized spacial score (nSPS) is 14.1. The van der Waals surface area contributed by atoms with Crippen LogP contribution < -0.4 is 10.6 Å². The molecule has 4 rings (SSSR count). The van der Waals surface area contributed by atoms with Gasteiger partial charge in [0.05, 0.1) is 11.8 Å². The molecule has 0 unspecified atom stereocenters. The van der Waals surface area contributed by atoms with Crippen molar-refractivity contribution in [2.24, 2.45) is 0 Å². The van der Waals surface area contributed by atoms with Crippen molar-refractivity contribution in [1.29, 1.82) is 0 Å². The van der Waals surface area contributed by atoms with Crippen molar-refractivity contribution in [2.75, 3.05) is 11.9 Å². The molecule has 3 N–H and O–H groups in total. The van der Waals surface area contributed by atoms with Crippen LogP contribution in [0, 0.1) is 0 Å². The predicted molar refractivity (Wildman–Crippen MR) is 101 cm³/mol. The summed E-state index contributed by atoms with van der Waals surface area (Å²) >= 11 is 6.17. The van der Waals surface area contributed by atoms with Gasteiger partial charge in [0.1, 0.15) is 5.82 Å². The van der Waals surface area contributed by atoms with Crippen LogP contribution in [0.1, 0.15) is 22.9 Å². The van der Waals surface area contributed by atoms with Gasteiger partial charge in [0.15, 0.2) is 5.82 Å². The van der Waals surface area contributed by atoms with Crippen LogP contribution in [-0.4, -0.2) is 26.6 Å². The van der Waals surface area contributed by atoms with E-state index >= 15 is 0 Å². The number of benzene rings is 1. The molecule has 1 atom stereocenters. The summed E-state index contributed by atoms with van der Waals surface area (Å²) in [5, 5.41) is 17.6. The second-order valence-electron chi connectivity index (χ2n) is 6.08. The highest BCUT2D eigenvalue weighted by molar-refractivity contribution is 6.31. The smallest absolute Gasteiger partial charge is 0.163 e. The number of nitrogens with one attached hydrogen (secondary N) is 2. The summed E-state index contributed by atoms with van der Waals surface area (Å²) in [6, 6.07) is 11.1. The van der Waals surface area contributed by atoms with E-state index in [9.17, 15) is 5.11 Å². The van der Waals surface area contributed by atoms with Crippen molar-refractivity contribution < 1.29 is 5.11 Å². The van der Waals surface area contributed by atoms with E-state index in [-0.39, 0.29) is 0 Å². The van der Waals surface area contributed by atoms with Gasteiger partial charge in [0, 0.05) is 53.7 Å². The lowest BCUT2D eigenvalue weighted by atomic mass is 10.1. The van der Waals surface area contributed by atoms with Gasteiger partial charge >= 0.3 is 0 Å². The molecule has 1 aliphatic heterocycles. The molecule has 7 heteroatoms. The summed E-state index contributed by atoms with van der Waals surface area (Å²) < 4.78 is 0. The Morgan fingerprint density at radius 2 is 2.04 bits per heavy atom. The van der Waals surface area contributed by atoms with Gasteiger partial charge in [-0.3, -0.25) is 4.98 Å². The average Bonchev–Trinajstić information content (AvgIpc) is 3.15. The summed E-state index contributed by atoms with van der Waals surface area (Å²) in [5.74, 6) is 1.35. The van der Waals surface area contributed by atoms with Crippen molar-refractivity contribution in [3.05, 3.63) is 70.6 Å². The first-order valence-corrected chi connectivity index (χ1v) is 8.77. The van der Waals surface area contributed by atoms with Gasteiger partial charge in [-0.25, -0.2) is 9.97 Å². The second-order valence-corrected chi connectivity index (χ2v) is 6.49. The van der Waals surface area contributed by atoms with Gasteiger partial charge in [-0.05, 0) is 18.2 Å². The molecule has 0 aliphatic carbocycles. The molecule has 1 aromatic carbocycles. The molecule has 0 amide bonds. The third kappa shape index (κ3) is 3.39. The fourth-order valence-electron chi connectivity index (χ4n) is 2.99. The molecule has 3 aromatic rings. The Labute approximate surface area is 156 Å². The number of rotatable bonds is 5. The molecule has 0 radical (unpaired) electrons. The van der Waals surface area contributed by atoms with E-state index in [1.54, 1.807) is 18.5 Å². The van der Waals surface area contributed by atoms with E-state index in [0.717, 1.165) is 22.6 Å². The van der Waals surface area contributed by atoms with Gasteiger partial charge in [0.25, 0.3) is 0 Å². The summed E-state index contributed by atoms with van der Waals surface area (Å²) in [4.78, 5) is 13.4. The predicted octanol–water partition coefficient (Wildman–Crippen LogP) is 2.94. The number of anilines is 1. The standard InChI is InChI=1S/C19H18ClN5O/c20-15-6-2-1-5-13(15)17(26)11-23-19-14-9-22-10-16(14)24-18(25-19)12-4-3-7-21-8-12/h1-8,17,22,26H,9-11H2,(H,23,24,25)/t17-/m0/s1. The topological polar surface area (TPSA) is 83.0 Å². The van der Waals surface area contributed by atoms with Gasteiger partial charge in [-0.2, -0.15) is 0 Å². The van der Waals surface area contributed by atoms with Gasteiger partial charge in [0.2, 0.25) is 0 Å². The SMILES string of the molecule is O[C@@H](CNc1nc(-c2cccnc2)nc2c1CNC2)c1ccccc1Cl. The number of fused-ring (bicyclic) bond motifs is 1. The number of aliphatic hydroxyl groups excluding tert-OH is 1. The quantitative estimate of drug-likeness (QED) is 0.643. The van der Waals surface area contributed by atoms with Crippen molar-refractivity contribution >= 4 is 17.4 Å². The van der Waals surface area contributed by atoms with Crippen LogP contribution in [0.25, 0.3) is 11.4 Å². The van der Waals surface area contributed by atoms with Gasteiger partial charge < -0.3 is 15.7 Å². The first kappa shape index (κ1) is 16.9. The Hall–Kier alpha value is -2.54. The minimum Gasteiger partial charge on any atom is -0.387 e. The molecular formula is C19H18ClN5O. The number of pyridine rings is 1. The highest BCUT2D eigenvalue weighted by Gasteiger charge is 2.20. The van der Waals surface area contributed by atoms with Crippen molar-refractivity contribution in [2.45, 2.75) is 19.2 Å². The van der Waals surface area contributed by atoms with Crippen LogP contribution >= 0.6 is 11.6 Å². The Kier molecular flexibility index (Phi) is 4.79. The molecule has 3 heterocycles. The Morgan fingerprint density at radius 3 is 2.85 bits per heavy atom. The molecule has 6 nitrogen and oxygen atoms in total. The molecule has 0 saturated heterocycles. The summed E-state index contributed by atoms with van der Waals surface area (Å²) in [6.07, 6.45) is 2.73. The second kappa shape index (κ2) is 7.37. The highest BCUT2D eigenvalue weighted by atomic mass is 35.5. The lowest BCUT2D eigenvalue weighted by Crippen LogP contribution is -2.15. The van der Waals surface area contributed by atoms with Crippen LogP contribution in [0.4, 0.5) is 5.82 Å². The molecule has 0 bridgehead atoms. The highest BCUT2D eigenvalue weighted by Crippen LogP contribution is 2.27. The van der Waals surface area contributed by atoms with Crippen molar-refractivity contribution in [1.82, 2.24) is 20.3 Å². The number of nitrogens with zero attached hydrogens (tertiary/aromatic N) is 3. The maximum atomic E-state index is 10.5. The van der Waals surface area contributed by atoms with Crippen molar-refractivity contribution in [3.8, 4) is 11.4 Å². The van der Waals surface area contributed by atoms with E-state index < -0.39 is 6.10 Å². The van der Waals surface area contributed by atoms with Crippen LogP contribution in [-0.2, 0) is 13.1 Å². The Balaban J connectivity index is 1.60. The number of aromatic nitrogens is 3. The van der Waals surface area contributed by atoms with E-state index in [0.29, 0.717) is 36.0 Å². The maximum Gasteiger partial charge on any atom is 0.163 e. The lowest BCUT2D eigenvalue weighted by Gasteiger charge is -2.16. The van der Waals surface area contributed by atoms with Crippen LogP contribution in [0.3, 0.4) is 0 Å². The molecule has 0 saturated carbocycles. The first-order chi connectivity index (χ1) is 12.7. The number of hydrogen-bond donors (Lipinski definition) is 3. The fraction of sp³-hybridized carbons (Fsp3) is 0.211. The van der Waals surface area contributed by atoms with Gasteiger partial charge in [-0.15, -0.1) is 0 Å². The zero-order chi connectivity index (χ0) is 17.9. The van der Waals surface area contributed by atoms with E-state index in [4.69, 9.17) is 11.6 Å². The summed E-state index contributed by atoms with van der Waals surface area (Å²) in [6.45, 7) is 1.71. The van der Waals surface area contributed by atoms with Crippen LogP contribution in [0.15, 0.2) is 48.8 Å². The van der Waals surface area contributed by atoms with E-state index in [1.807, 2.05) is 30.3 Å². The number of aliphatic hydroxyl groups is 1.